The number of thioether (sulfide) groups is 1. The third-order valence-corrected chi connectivity index (χ3v) is 3.19. The lowest BCUT2D eigenvalue weighted by atomic mass is 10.4. The quantitative estimate of drug-likeness (QED) is 0.353. The van der Waals surface area contributed by atoms with Gasteiger partial charge in [-0.1, -0.05) is 11.8 Å². The van der Waals surface area contributed by atoms with Crippen molar-refractivity contribution >= 4 is 21.9 Å². The van der Waals surface area contributed by atoms with E-state index in [1.165, 1.54) is 7.11 Å². The fourth-order valence-corrected chi connectivity index (χ4v) is 1.76. The lowest BCUT2D eigenvalue weighted by molar-refractivity contribution is -0.0501. The second-order valence-corrected chi connectivity index (χ2v) is 5.41. The zero-order valence-corrected chi connectivity index (χ0v) is 11.4. The number of methoxy groups -OCH3 is 1. The van der Waals surface area contributed by atoms with Gasteiger partial charge in [0, 0.05) is 13.2 Å². The summed E-state index contributed by atoms with van der Waals surface area (Å²) >= 11 is 1.02. The van der Waals surface area contributed by atoms with E-state index in [0.717, 1.165) is 17.8 Å². The summed E-state index contributed by atoms with van der Waals surface area (Å²) in [5.41, 5.74) is -5.31. The molecule has 0 aliphatic rings. The van der Waals surface area contributed by atoms with Crippen LogP contribution >= 0.6 is 11.8 Å². The van der Waals surface area contributed by atoms with Gasteiger partial charge in [-0.05, 0) is 6.26 Å². The Labute approximate surface area is 111 Å². The predicted molar refractivity (Wildman–Crippen MR) is 60.1 cm³/mol. The second kappa shape index (κ2) is 5.92. The van der Waals surface area contributed by atoms with Crippen LogP contribution in [0.5, 0.6) is 5.88 Å². The van der Waals surface area contributed by atoms with Gasteiger partial charge in [0.15, 0.2) is 5.16 Å². The number of halogens is 3. The second-order valence-electron chi connectivity index (χ2n) is 3.10. The molecule has 0 saturated heterocycles. The summed E-state index contributed by atoms with van der Waals surface area (Å²) in [7, 11) is -4.39. The maximum atomic E-state index is 12.2. The fraction of sp³-hybridized carbons (Fsp3) is 0.500. The smallest absolute Gasteiger partial charge is 0.378 e. The van der Waals surface area contributed by atoms with E-state index in [1.807, 2.05) is 0 Å². The summed E-state index contributed by atoms with van der Waals surface area (Å²) in [6.45, 7) is -0.0154. The minimum atomic E-state index is -5.75. The van der Waals surface area contributed by atoms with Crippen LogP contribution in [0.25, 0.3) is 0 Å². The van der Waals surface area contributed by atoms with Crippen molar-refractivity contribution < 1.29 is 30.5 Å². The van der Waals surface area contributed by atoms with Crippen molar-refractivity contribution in [3.05, 3.63) is 11.8 Å². The van der Waals surface area contributed by atoms with Gasteiger partial charge in [0.05, 0.1) is 12.3 Å². The summed E-state index contributed by atoms with van der Waals surface area (Å²) < 4.78 is 66.9. The number of rotatable bonds is 5. The van der Waals surface area contributed by atoms with Gasteiger partial charge >= 0.3 is 15.6 Å². The highest BCUT2D eigenvalue weighted by molar-refractivity contribution is 7.98. The molecule has 19 heavy (non-hydrogen) atoms. The molecule has 11 heteroatoms. The van der Waals surface area contributed by atoms with Crippen molar-refractivity contribution in [2.45, 2.75) is 17.3 Å². The first-order chi connectivity index (χ1) is 8.69. The van der Waals surface area contributed by atoms with Crippen molar-refractivity contribution in [1.82, 2.24) is 9.97 Å². The van der Waals surface area contributed by atoms with Crippen LogP contribution in [0.1, 0.15) is 5.69 Å². The highest BCUT2D eigenvalue weighted by Gasteiger charge is 2.48. The third kappa shape index (κ3) is 4.21. The van der Waals surface area contributed by atoms with Gasteiger partial charge in [0.1, 0.15) is 0 Å². The van der Waals surface area contributed by atoms with Crippen molar-refractivity contribution in [3.63, 3.8) is 0 Å². The fourth-order valence-electron chi connectivity index (χ4n) is 0.965. The van der Waals surface area contributed by atoms with Crippen LogP contribution in [-0.4, -0.2) is 37.3 Å². The number of aromatic nitrogens is 2. The molecule has 108 valence electrons. The van der Waals surface area contributed by atoms with Crippen molar-refractivity contribution in [1.29, 1.82) is 0 Å². The zero-order valence-electron chi connectivity index (χ0n) is 9.76. The summed E-state index contributed by atoms with van der Waals surface area (Å²) in [5.74, 6) is -0.705. The zero-order chi connectivity index (χ0) is 14.7. The Hall–Kier alpha value is -1.07. The summed E-state index contributed by atoms with van der Waals surface area (Å²) in [4.78, 5) is 7.43. The van der Waals surface area contributed by atoms with E-state index in [4.69, 9.17) is 4.74 Å². The van der Waals surface area contributed by atoms with Crippen LogP contribution < -0.4 is 4.18 Å². The van der Waals surface area contributed by atoms with Gasteiger partial charge in [0.25, 0.3) is 0 Å². The Morgan fingerprint density at radius 3 is 2.47 bits per heavy atom. The van der Waals surface area contributed by atoms with E-state index in [9.17, 15) is 21.6 Å². The molecule has 1 aromatic heterocycles. The molecule has 0 atom stereocenters. The van der Waals surface area contributed by atoms with E-state index < -0.39 is 21.5 Å². The highest BCUT2D eigenvalue weighted by atomic mass is 32.2. The number of hydrogen-bond acceptors (Lipinski definition) is 7. The van der Waals surface area contributed by atoms with Crippen LogP contribution in [-0.2, 0) is 21.5 Å². The Balaban J connectivity index is 3.11. The van der Waals surface area contributed by atoms with Gasteiger partial charge in [-0.3, -0.25) is 0 Å². The summed E-state index contributed by atoms with van der Waals surface area (Å²) in [5, 5.41) is 0.0712. The van der Waals surface area contributed by atoms with Crippen LogP contribution in [0.3, 0.4) is 0 Å². The average molecular weight is 318 g/mol. The molecule has 6 nitrogen and oxygen atoms in total. The van der Waals surface area contributed by atoms with Crippen molar-refractivity contribution in [3.8, 4) is 5.88 Å². The SMILES string of the molecule is COCc1cc(OS(=O)(=O)C(F)(F)F)nc(SC)n1. The van der Waals surface area contributed by atoms with Gasteiger partial charge in [0.2, 0.25) is 5.88 Å². The Morgan fingerprint density at radius 2 is 2.00 bits per heavy atom. The minimum absolute atomic E-state index is 0.0154. The molecule has 0 unspecified atom stereocenters. The molecule has 0 aliphatic heterocycles. The Morgan fingerprint density at radius 1 is 1.37 bits per heavy atom. The summed E-state index contributed by atoms with van der Waals surface area (Å²) in [6.07, 6.45) is 1.58. The highest BCUT2D eigenvalue weighted by Crippen LogP contribution is 2.27. The lowest BCUT2D eigenvalue weighted by Gasteiger charge is -2.10. The molecular formula is C8H9F3N2O4S2. The number of ether oxygens (including phenoxy) is 1. The number of nitrogens with zero attached hydrogens (tertiary/aromatic N) is 2. The van der Waals surface area contributed by atoms with Gasteiger partial charge in [-0.25, -0.2) is 4.98 Å². The van der Waals surface area contributed by atoms with E-state index in [0.29, 0.717) is 0 Å². The first-order valence-corrected chi connectivity index (χ1v) is 7.24. The van der Waals surface area contributed by atoms with Crippen molar-refractivity contribution in [2.24, 2.45) is 0 Å². The molecule has 0 amide bonds. The number of hydrogen-bond donors (Lipinski definition) is 0. The van der Waals surface area contributed by atoms with Gasteiger partial charge in [-0.15, -0.1) is 0 Å². The van der Waals surface area contributed by atoms with Crippen molar-refractivity contribution in [2.75, 3.05) is 13.4 Å². The molecular weight excluding hydrogens is 309 g/mol. The van der Waals surface area contributed by atoms with E-state index in [2.05, 4.69) is 14.2 Å². The summed E-state index contributed by atoms with van der Waals surface area (Å²) in [6, 6.07) is 0.965. The molecule has 0 N–H and O–H groups in total. The monoisotopic (exact) mass is 318 g/mol. The molecule has 0 spiro atoms. The molecule has 0 fully saturated rings. The minimum Gasteiger partial charge on any atom is -0.378 e. The Bertz CT molecular complexity index is 547. The topological polar surface area (TPSA) is 78.4 Å². The predicted octanol–water partition coefficient (Wildman–Crippen LogP) is 1.57. The van der Waals surface area contributed by atoms with E-state index in [-0.39, 0.29) is 17.5 Å². The molecule has 0 bridgehead atoms. The maximum absolute atomic E-state index is 12.2. The van der Waals surface area contributed by atoms with E-state index in [1.54, 1.807) is 6.26 Å². The largest absolute Gasteiger partial charge is 0.534 e. The molecule has 0 radical (unpaired) electrons. The maximum Gasteiger partial charge on any atom is 0.534 e. The molecule has 0 aliphatic carbocycles. The molecule has 0 aromatic carbocycles. The average Bonchev–Trinajstić information content (AvgIpc) is 2.26. The van der Waals surface area contributed by atoms with Gasteiger partial charge < -0.3 is 8.92 Å². The van der Waals surface area contributed by atoms with Crippen LogP contribution in [0.4, 0.5) is 13.2 Å². The Kier molecular flexibility index (Phi) is 4.98. The number of alkyl halides is 3. The standard InChI is InChI=1S/C8H9F3N2O4S2/c1-16-4-5-3-6(13-7(12-5)18-2)17-19(14,15)8(9,10)11/h3H,4H2,1-2H3. The molecule has 0 saturated carbocycles. The van der Waals surface area contributed by atoms with Crippen LogP contribution in [0.2, 0.25) is 0 Å². The van der Waals surface area contributed by atoms with Gasteiger partial charge in [-0.2, -0.15) is 26.6 Å². The first-order valence-electron chi connectivity index (χ1n) is 4.61. The van der Waals surface area contributed by atoms with E-state index >= 15 is 0 Å². The normalized spacial score (nSPS) is 12.5. The van der Waals surface area contributed by atoms with Crippen LogP contribution in [0.15, 0.2) is 11.2 Å². The molecule has 1 aromatic rings. The molecule has 1 heterocycles. The lowest BCUT2D eigenvalue weighted by Crippen LogP contribution is -2.28. The first kappa shape index (κ1) is 16.0. The molecule has 1 rings (SSSR count). The van der Waals surface area contributed by atoms with Crippen LogP contribution in [0, 0.1) is 0 Å². The third-order valence-electron chi connectivity index (χ3n) is 1.69.